The first-order chi connectivity index (χ1) is 13.4. The van der Waals surface area contributed by atoms with E-state index in [0.717, 1.165) is 5.57 Å². The Kier molecular flexibility index (Phi) is 6.07. The molecule has 1 aliphatic rings. The highest BCUT2D eigenvalue weighted by molar-refractivity contribution is 6.37. The first-order valence-electron chi connectivity index (χ1n) is 8.30. The molecule has 0 aromatic heterocycles. The van der Waals surface area contributed by atoms with E-state index in [0.29, 0.717) is 39.3 Å². The van der Waals surface area contributed by atoms with Gasteiger partial charge in [0.15, 0.2) is 17.2 Å². The lowest BCUT2D eigenvalue weighted by molar-refractivity contribution is -0.129. The van der Waals surface area contributed by atoms with Gasteiger partial charge in [-0.25, -0.2) is 9.79 Å². The molecule has 144 valence electrons. The highest BCUT2D eigenvalue weighted by Crippen LogP contribution is 2.31. The average Bonchev–Trinajstić information content (AvgIpc) is 3.00. The molecule has 0 saturated carbocycles. The molecule has 3 rings (SSSR count). The number of esters is 1. The maximum absolute atomic E-state index is 12.2. The van der Waals surface area contributed by atoms with Crippen LogP contribution in [0.5, 0.6) is 11.5 Å². The third-order valence-corrected chi connectivity index (χ3v) is 4.29. The molecule has 0 fully saturated rings. The van der Waals surface area contributed by atoms with Gasteiger partial charge in [0.25, 0.3) is 0 Å². The minimum atomic E-state index is -0.567. The van der Waals surface area contributed by atoms with Crippen LogP contribution >= 0.6 is 23.2 Å². The van der Waals surface area contributed by atoms with Crippen LogP contribution in [0.1, 0.15) is 18.1 Å². The highest BCUT2D eigenvalue weighted by atomic mass is 35.5. The molecule has 28 heavy (non-hydrogen) atoms. The van der Waals surface area contributed by atoms with Crippen LogP contribution < -0.4 is 9.47 Å². The van der Waals surface area contributed by atoms with Crippen LogP contribution in [0.4, 0.5) is 0 Å². The van der Waals surface area contributed by atoms with Crippen molar-refractivity contribution in [3.63, 3.8) is 0 Å². The Morgan fingerprint density at radius 2 is 2.00 bits per heavy atom. The van der Waals surface area contributed by atoms with Gasteiger partial charge in [-0.3, -0.25) is 0 Å². The van der Waals surface area contributed by atoms with Gasteiger partial charge in [0, 0.05) is 5.02 Å². The second kappa shape index (κ2) is 8.50. The van der Waals surface area contributed by atoms with E-state index < -0.39 is 5.97 Å². The van der Waals surface area contributed by atoms with E-state index in [9.17, 15) is 4.79 Å². The number of ether oxygens (including phenoxy) is 3. The van der Waals surface area contributed by atoms with Gasteiger partial charge in [0.1, 0.15) is 6.61 Å². The summed E-state index contributed by atoms with van der Waals surface area (Å²) < 4.78 is 16.3. The van der Waals surface area contributed by atoms with Crippen LogP contribution in [0.25, 0.3) is 6.08 Å². The molecule has 5 nitrogen and oxygen atoms in total. The molecule has 0 spiro atoms. The Morgan fingerprint density at radius 1 is 1.21 bits per heavy atom. The van der Waals surface area contributed by atoms with Crippen LogP contribution in [0, 0.1) is 0 Å². The minimum Gasteiger partial charge on any atom is -0.493 e. The molecule has 0 unspecified atom stereocenters. The lowest BCUT2D eigenvalue weighted by atomic mass is 10.1. The number of hydrogen-bond donors (Lipinski definition) is 0. The zero-order chi connectivity index (χ0) is 20.3. The number of halogens is 2. The lowest BCUT2D eigenvalue weighted by Gasteiger charge is -2.11. The van der Waals surface area contributed by atoms with E-state index in [1.807, 2.05) is 6.92 Å². The van der Waals surface area contributed by atoms with Crippen molar-refractivity contribution in [3.05, 3.63) is 75.4 Å². The Balaban J connectivity index is 1.89. The topological polar surface area (TPSA) is 57.1 Å². The molecule has 0 aliphatic carbocycles. The van der Waals surface area contributed by atoms with Crippen molar-refractivity contribution >= 4 is 41.1 Å². The van der Waals surface area contributed by atoms with Crippen molar-refractivity contribution in [2.24, 2.45) is 4.99 Å². The fraction of sp³-hybridized carbons (Fsp3) is 0.143. The summed E-state index contributed by atoms with van der Waals surface area (Å²) in [6.07, 6.45) is 1.60. The summed E-state index contributed by atoms with van der Waals surface area (Å²) in [4.78, 5) is 16.5. The van der Waals surface area contributed by atoms with Gasteiger partial charge >= 0.3 is 5.97 Å². The smallest absolute Gasteiger partial charge is 0.363 e. The summed E-state index contributed by atoms with van der Waals surface area (Å²) in [6.45, 7) is 6.07. The van der Waals surface area contributed by atoms with Crippen molar-refractivity contribution in [2.75, 3.05) is 13.7 Å². The molecule has 0 saturated heterocycles. The maximum atomic E-state index is 12.2. The number of carbonyl (C=O) groups excluding carboxylic acids is 1. The second-order valence-electron chi connectivity index (χ2n) is 6.12. The predicted molar refractivity (Wildman–Crippen MR) is 110 cm³/mol. The summed E-state index contributed by atoms with van der Waals surface area (Å²) in [5, 5.41) is 0.830. The average molecular weight is 418 g/mol. The lowest BCUT2D eigenvalue weighted by Crippen LogP contribution is -2.05. The van der Waals surface area contributed by atoms with E-state index in [1.54, 1.807) is 49.6 Å². The summed E-state index contributed by atoms with van der Waals surface area (Å²) in [6, 6.07) is 10.2. The van der Waals surface area contributed by atoms with E-state index in [1.165, 1.54) is 0 Å². The largest absolute Gasteiger partial charge is 0.493 e. The monoisotopic (exact) mass is 417 g/mol. The summed E-state index contributed by atoms with van der Waals surface area (Å²) >= 11 is 12.1. The molecular weight excluding hydrogens is 401 g/mol. The number of aliphatic imine (C=N–C) groups is 1. The van der Waals surface area contributed by atoms with Crippen molar-refractivity contribution in [3.8, 4) is 11.5 Å². The van der Waals surface area contributed by atoms with Crippen molar-refractivity contribution in [1.82, 2.24) is 0 Å². The number of carbonyl (C=O) groups is 1. The standard InChI is InChI=1S/C21H17Cl2NO4/c1-12(2)11-27-18-7-4-13(9-19(18)26-3)8-17-21(25)28-20(24-17)15-6-5-14(22)10-16(15)23/h4-10H,1,11H2,2-3H3/b17-8-. The van der Waals surface area contributed by atoms with Crippen LogP contribution in [-0.4, -0.2) is 25.6 Å². The van der Waals surface area contributed by atoms with Gasteiger partial charge in [-0.2, -0.15) is 0 Å². The van der Waals surface area contributed by atoms with Gasteiger partial charge in [0.2, 0.25) is 5.90 Å². The van der Waals surface area contributed by atoms with E-state index >= 15 is 0 Å². The van der Waals surface area contributed by atoms with E-state index in [4.69, 9.17) is 37.4 Å². The van der Waals surface area contributed by atoms with E-state index in [-0.39, 0.29) is 11.6 Å². The van der Waals surface area contributed by atoms with Crippen molar-refractivity contribution < 1.29 is 19.0 Å². The molecular formula is C21H17Cl2NO4. The fourth-order valence-electron chi connectivity index (χ4n) is 2.44. The second-order valence-corrected chi connectivity index (χ2v) is 6.96. The Hall–Kier alpha value is -2.76. The Morgan fingerprint density at radius 3 is 2.68 bits per heavy atom. The zero-order valence-electron chi connectivity index (χ0n) is 15.3. The van der Waals surface area contributed by atoms with Gasteiger partial charge < -0.3 is 14.2 Å². The predicted octanol–water partition coefficient (Wildman–Crippen LogP) is 5.30. The molecule has 1 heterocycles. The minimum absolute atomic E-state index is 0.131. The zero-order valence-corrected chi connectivity index (χ0v) is 16.8. The molecule has 2 aromatic carbocycles. The van der Waals surface area contributed by atoms with Crippen LogP contribution in [0.15, 0.2) is 59.2 Å². The SMILES string of the molecule is C=C(C)COc1ccc(/C=C2\N=C(c3ccc(Cl)cc3Cl)OC2=O)cc1OC. The van der Waals surface area contributed by atoms with Crippen molar-refractivity contribution in [1.29, 1.82) is 0 Å². The third kappa shape index (κ3) is 4.55. The normalized spacial score (nSPS) is 14.6. The molecule has 0 amide bonds. The van der Waals surface area contributed by atoms with Gasteiger partial charge in [-0.05, 0) is 54.5 Å². The summed E-state index contributed by atoms with van der Waals surface area (Å²) in [5.74, 6) is 0.680. The molecule has 2 aromatic rings. The third-order valence-electron chi connectivity index (χ3n) is 3.75. The van der Waals surface area contributed by atoms with E-state index in [2.05, 4.69) is 11.6 Å². The maximum Gasteiger partial charge on any atom is 0.363 e. The van der Waals surface area contributed by atoms with Crippen molar-refractivity contribution in [2.45, 2.75) is 6.92 Å². The number of hydrogen-bond acceptors (Lipinski definition) is 5. The Bertz CT molecular complexity index is 1010. The number of nitrogens with zero attached hydrogens (tertiary/aromatic N) is 1. The van der Waals surface area contributed by atoms with Crippen LogP contribution in [0.2, 0.25) is 10.0 Å². The first kappa shape index (κ1) is 20.0. The fourth-order valence-corrected chi connectivity index (χ4v) is 2.93. The van der Waals surface area contributed by atoms with Crippen LogP contribution in [0.3, 0.4) is 0 Å². The molecule has 0 radical (unpaired) electrons. The van der Waals surface area contributed by atoms with Crippen LogP contribution in [-0.2, 0) is 9.53 Å². The summed E-state index contributed by atoms with van der Waals surface area (Å²) in [5.41, 5.74) is 2.24. The molecule has 0 N–H and O–H groups in total. The number of benzene rings is 2. The van der Waals surface area contributed by atoms with Gasteiger partial charge in [-0.1, -0.05) is 35.8 Å². The first-order valence-corrected chi connectivity index (χ1v) is 9.06. The molecule has 0 bridgehead atoms. The summed E-state index contributed by atoms with van der Waals surface area (Å²) in [7, 11) is 1.54. The number of methoxy groups -OCH3 is 1. The van der Waals surface area contributed by atoms with Gasteiger partial charge in [-0.15, -0.1) is 0 Å². The van der Waals surface area contributed by atoms with Gasteiger partial charge in [0.05, 0.1) is 17.7 Å². The number of cyclic esters (lactones) is 1. The molecule has 1 aliphatic heterocycles. The molecule has 0 atom stereocenters. The Labute approximate surface area is 172 Å². The highest BCUT2D eigenvalue weighted by Gasteiger charge is 2.25. The quantitative estimate of drug-likeness (QED) is 0.363. The number of rotatable bonds is 6. The molecule has 7 heteroatoms.